The Morgan fingerprint density at radius 3 is 3.07 bits per heavy atom. The predicted molar refractivity (Wildman–Crippen MR) is 118 cm³/mol. The molecule has 0 bridgehead atoms. The topological polar surface area (TPSA) is 105 Å². The fourth-order valence-corrected chi connectivity index (χ4v) is 4.73. The van der Waals surface area contributed by atoms with E-state index in [0.29, 0.717) is 17.4 Å². The highest BCUT2D eigenvalue weighted by Gasteiger charge is 2.44. The van der Waals surface area contributed by atoms with Gasteiger partial charge in [-0.3, -0.25) is 0 Å². The molecule has 0 radical (unpaired) electrons. The van der Waals surface area contributed by atoms with Crippen LogP contribution in [0.5, 0.6) is 0 Å². The molecule has 0 unspecified atom stereocenters. The zero-order chi connectivity index (χ0) is 20.0. The van der Waals surface area contributed by atoms with Gasteiger partial charge >= 0.3 is 6.09 Å². The second-order valence-electron chi connectivity index (χ2n) is 7.51. The van der Waals surface area contributed by atoms with Crippen LogP contribution in [0.2, 0.25) is 5.02 Å². The van der Waals surface area contributed by atoms with Crippen LogP contribution in [-0.2, 0) is 4.74 Å². The molecular weight excluding hydrogens is 507 g/mol. The maximum Gasteiger partial charge on any atom is 0.407 e. The average Bonchev–Trinajstić information content (AvgIpc) is 3.27. The van der Waals surface area contributed by atoms with Crippen molar-refractivity contribution < 1.29 is 9.53 Å². The number of H-pyrrole nitrogens is 1. The van der Waals surface area contributed by atoms with E-state index in [0.717, 1.165) is 51.7 Å². The molecule has 1 aliphatic carbocycles. The number of nitrogens with one attached hydrogen (secondary N) is 3. The molecule has 3 aromatic rings. The van der Waals surface area contributed by atoms with Crippen LogP contribution < -0.4 is 10.6 Å². The van der Waals surface area contributed by atoms with Gasteiger partial charge in [-0.15, -0.1) is 0 Å². The number of ether oxygens (including phenoxy) is 1. The molecule has 2 aliphatic rings. The number of pyridine rings is 1. The standard InChI is InChI=1S/C19H18ClIN6O2/c20-10-4-12-13(7-23-15(12)22-6-10)16-24-8-14(21)17(27-16)26-11-2-1-3-19(5-11)9-25-18(28)29-19/h4,6-8,11H,1-3,5,9H2,(H,22,23)(H,25,28)(H,24,26,27)/t11-,19+/m0/s1. The summed E-state index contributed by atoms with van der Waals surface area (Å²) < 4.78 is 6.52. The lowest BCUT2D eigenvalue weighted by atomic mass is 9.82. The molecular formula is C19H18ClIN6O2. The van der Waals surface area contributed by atoms with Gasteiger partial charge in [-0.25, -0.2) is 19.7 Å². The van der Waals surface area contributed by atoms with Crippen molar-refractivity contribution in [3.8, 4) is 11.4 Å². The van der Waals surface area contributed by atoms with Crippen LogP contribution in [0.1, 0.15) is 25.7 Å². The summed E-state index contributed by atoms with van der Waals surface area (Å²) in [5.74, 6) is 1.38. The number of nitrogens with zero attached hydrogens (tertiary/aromatic N) is 3. The van der Waals surface area contributed by atoms with Crippen molar-refractivity contribution >= 4 is 57.1 Å². The van der Waals surface area contributed by atoms with Crippen molar-refractivity contribution in [1.82, 2.24) is 25.3 Å². The summed E-state index contributed by atoms with van der Waals surface area (Å²) in [7, 11) is 0. The number of alkyl carbamates (subject to hydrolysis) is 1. The normalized spacial score (nSPS) is 23.9. The van der Waals surface area contributed by atoms with Crippen molar-refractivity contribution in [2.75, 3.05) is 11.9 Å². The van der Waals surface area contributed by atoms with Crippen molar-refractivity contribution in [1.29, 1.82) is 0 Å². The van der Waals surface area contributed by atoms with E-state index in [9.17, 15) is 4.79 Å². The predicted octanol–water partition coefficient (Wildman–Crippen LogP) is 4.11. The minimum absolute atomic E-state index is 0.173. The van der Waals surface area contributed by atoms with Gasteiger partial charge in [-0.2, -0.15) is 0 Å². The Bertz CT molecular complexity index is 1110. The van der Waals surface area contributed by atoms with Gasteiger partial charge in [-0.1, -0.05) is 11.6 Å². The molecule has 2 fully saturated rings. The molecule has 8 nitrogen and oxygen atoms in total. The van der Waals surface area contributed by atoms with Crippen molar-refractivity contribution in [2.45, 2.75) is 37.3 Å². The lowest BCUT2D eigenvalue weighted by molar-refractivity contribution is 0.0223. The number of carbonyl (C=O) groups excluding carboxylic acids is 1. The van der Waals surface area contributed by atoms with Gasteiger partial charge in [0.05, 0.1) is 15.1 Å². The van der Waals surface area contributed by atoms with Gasteiger partial charge in [0.1, 0.15) is 17.1 Å². The van der Waals surface area contributed by atoms with Gasteiger partial charge in [0, 0.05) is 42.0 Å². The molecule has 1 saturated carbocycles. The van der Waals surface area contributed by atoms with Crippen LogP contribution >= 0.6 is 34.2 Å². The Kier molecular flexibility index (Phi) is 4.73. The van der Waals surface area contributed by atoms with E-state index >= 15 is 0 Å². The second-order valence-corrected chi connectivity index (χ2v) is 9.10. The fourth-order valence-electron chi connectivity index (χ4n) is 4.16. The van der Waals surface area contributed by atoms with Crippen LogP contribution in [0.4, 0.5) is 10.6 Å². The molecule has 3 N–H and O–H groups in total. The first-order valence-electron chi connectivity index (χ1n) is 9.40. The molecule has 150 valence electrons. The maximum absolute atomic E-state index is 11.5. The minimum Gasteiger partial charge on any atom is -0.441 e. The number of aromatic amines is 1. The average molecular weight is 525 g/mol. The third kappa shape index (κ3) is 3.61. The van der Waals surface area contributed by atoms with Gasteiger partial charge in [-0.05, 0) is 47.9 Å². The Balaban J connectivity index is 1.42. The van der Waals surface area contributed by atoms with Gasteiger partial charge in [0.25, 0.3) is 0 Å². The zero-order valence-electron chi connectivity index (χ0n) is 15.3. The van der Waals surface area contributed by atoms with Gasteiger partial charge < -0.3 is 20.4 Å². The number of fused-ring (bicyclic) bond motifs is 1. The molecule has 1 amide bonds. The third-order valence-corrected chi connectivity index (χ3v) is 6.49. The van der Waals surface area contributed by atoms with Crippen molar-refractivity contribution in [2.24, 2.45) is 0 Å². The van der Waals surface area contributed by atoms with Crippen LogP contribution in [0.25, 0.3) is 22.4 Å². The van der Waals surface area contributed by atoms with Crippen LogP contribution in [0.15, 0.2) is 24.7 Å². The number of anilines is 1. The van der Waals surface area contributed by atoms with Crippen molar-refractivity contribution in [3.05, 3.63) is 33.2 Å². The van der Waals surface area contributed by atoms with E-state index in [-0.39, 0.29) is 12.1 Å². The van der Waals surface area contributed by atoms with E-state index in [1.165, 1.54) is 0 Å². The molecule has 2 atom stereocenters. The minimum atomic E-state index is -0.409. The zero-order valence-corrected chi connectivity index (χ0v) is 18.2. The van der Waals surface area contributed by atoms with E-state index in [1.807, 2.05) is 12.3 Å². The molecule has 4 heterocycles. The molecule has 3 aromatic heterocycles. The first kappa shape index (κ1) is 18.9. The first-order chi connectivity index (χ1) is 14.0. The summed E-state index contributed by atoms with van der Waals surface area (Å²) in [4.78, 5) is 28.3. The molecule has 0 aromatic carbocycles. The monoisotopic (exact) mass is 524 g/mol. The van der Waals surface area contributed by atoms with Crippen LogP contribution in [-0.4, -0.2) is 44.2 Å². The highest BCUT2D eigenvalue weighted by Crippen LogP contribution is 2.36. The Hall–Kier alpha value is -2.14. The van der Waals surface area contributed by atoms with Crippen LogP contribution in [0, 0.1) is 3.57 Å². The smallest absolute Gasteiger partial charge is 0.407 e. The number of hydrogen-bond donors (Lipinski definition) is 3. The summed E-state index contributed by atoms with van der Waals surface area (Å²) in [6.45, 7) is 0.569. The third-order valence-electron chi connectivity index (χ3n) is 5.49. The number of hydrogen-bond acceptors (Lipinski definition) is 6. The van der Waals surface area contributed by atoms with Gasteiger partial charge in [0.2, 0.25) is 0 Å². The Morgan fingerprint density at radius 2 is 2.24 bits per heavy atom. The Morgan fingerprint density at radius 1 is 1.34 bits per heavy atom. The largest absolute Gasteiger partial charge is 0.441 e. The summed E-state index contributed by atoms with van der Waals surface area (Å²) in [5.41, 5.74) is 1.18. The number of halogens is 2. The number of amides is 1. The van der Waals surface area contributed by atoms with E-state index in [4.69, 9.17) is 21.3 Å². The van der Waals surface area contributed by atoms with Crippen molar-refractivity contribution in [3.63, 3.8) is 0 Å². The summed E-state index contributed by atoms with van der Waals surface area (Å²) >= 11 is 8.35. The van der Waals surface area contributed by atoms with E-state index in [1.54, 1.807) is 12.4 Å². The molecule has 1 aliphatic heterocycles. The fraction of sp³-hybridized carbons (Fsp3) is 0.368. The second kappa shape index (κ2) is 7.28. The molecule has 1 saturated heterocycles. The lowest BCUT2D eigenvalue weighted by Gasteiger charge is -2.36. The number of rotatable bonds is 3. The molecule has 5 rings (SSSR count). The first-order valence-corrected chi connectivity index (χ1v) is 10.9. The highest BCUT2D eigenvalue weighted by molar-refractivity contribution is 14.1. The van der Waals surface area contributed by atoms with E-state index < -0.39 is 5.60 Å². The summed E-state index contributed by atoms with van der Waals surface area (Å²) in [5, 5.41) is 7.78. The molecule has 10 heteroatoms. The van der Waals surface area contributed by atoms with E-state index in [2.05, 4.69) is 48.2 Å². The molecule has 1 spiro atoms. The lowest BCUT2D eigenvalue weighted by Crippen LogP contribution is -2.43. The summed E-state index contributed by atoms with van der Waals surface area (Å²) in [6, 6.07) is 2.03. The number of carbonyl (C=O) groups is 1. The van der Waals surface area contributed by atoms with Gasteiger partial charge in [0.15, 0.2) is 5.82 Å². The SMILES string of the molecule is O=C1NC[C@]2(CCC[C@H](Nc3nc(-c4c[nH]c5ncc(Cl)cc45)ncc3I)C2)O1. The highest BCUT2D eigenvalue weighted by atomic mass is 127. The molecule has 29 heavy (non-hydrogen) atoms. The Labute approximate surface area is 185 Å². The quantitative estimate of drug-likeness (QED) is 0.446. The van der Waals surface area contributed by atoms with Crippen LogP contribution in [0.3, 0.4) is 0 Å². The maximum atomic E-state index is 11.5. The summed E-state index contributed by atoms with van der Waals surface area (Å²) in [6.07, 6.45) is 8.57. The number of aromatic nitrogens is 4.